The van der Waals surface area contributed by atoms with Crippen molar-refractivity contribution < 1.29 is 22.7 Å². The van der Waals surface area contributed by atoms with Crippen molar-refractivity contribution in [3.63, 3.8) is 0 Å². The molecular weight excluding hydrogens is 408 g/mol. The van der Waals surface area contributed by atoms with Crippen LogP contribution in [0.5, 0.6) is 5.75 Å². The van der Waals surface area contributed by atoms with Crippen LogP contribution in [0.3, 0.4) is 0 Å². The fourth-order valence-electron chi connectivity index (χ4n) is 3.89. The maximum absolute atomic E-state index is 12.6. The first kappa shape index (κ1) is 22.4. The van der Waals surface area contributed by atoms with E-state index in [0.29, 0.717) is 52.4 Å². The van der Waals surface area contributed by atoms with E-state index in [-0.39, 0.29) is 24.7 Å². The molecule has 9 nitrogen and oxygen atoms in total. The number of carbonyl (C=O) groups excluding carboxylic acids is 2. The van der Waals surface area contributed by atoms with Crippen molar-refractivity contribution in [2.24, 2.45) is 0 Å². The highest BCUT2D eigenvalue weighted by atomic mass is 32.2. The zero-order valence-electron chi connectivity index (χ0n) is 17.6. The van der Waals surface area contributed by atoms with Gasteiger partial charge in [0.15, 0.2) is 0 Å². The molecule has 166 valence electrons. The SMILES string of the molecule is COc1ccccc1N1CCN(C(=O)CCC(=O)N2CCN(S(C)(=O)=O)CC2)CC1. The molecule has 2 aliphatic heterocycles. The highest BCUT2D eigenvalue weighted by Gasteiger charge is 2.27. The molecule has 2 amide bonds. The summed E-state index contributed by atoms with van der Waals surface area (Å²) >= 11 is 0. The van der Waals surface area contributed by atoms with E-state index in [9.17, 15) is 18.0 Å². The van der Waals surface area contributed by atoms with Crippen LogP contribution in [0.25, 0.3) is 0 Å². The summed E-state index contributed by atoms with van der Waals surface area (Å²) in [5.74, 6) is 0.709. The second kappa shape index (κ2) is 9.65. The van der Waals surface area contributed by atoms with Crippen molar-refractivity contribution in [1.82, 2.24) is 14.1 Å². The van der Waals surface area contributed by atoms with Gasteiger partial charge in [-0.3, -0.25) is 9.59 Å². The fourth-order valence-corrected chi connectivity index (χ4v) is 4.71. The van der Waals surface area contributed by atoms with Crippen molar-refractivity contribution in [1.29, 1.82) is 0 Å². The highest BCUT2D eigenvalue weighted by molar-refractivity contribution is 7.88. The van der Waals surface area contributed by atoms with Crippen molar-refractivity contribution >= 4 is 27.5 Å². The van der Waals surface area contributed by atoms with Gasteiger partial charge >= 0.3 is 0 Å². The van der Waals surface area contributed by atoms with E-state index < -0.39 is 10.0 Å². The number of para-hydroxylation sites is 2. The zero-order chi connectivity index (χ0) is 21.7. The number of piperazine rings is 2. The highest BCUT2D eigenvalue weighted by Crippen LogP contribution is 2.28. The topological polar surface area (TPSA) is 90.5 Å². The van der Waals surface area contributed by atoms with Gasteiger partial charge in [-0.25, -0.2) is 8.42 Å². The molecule has 0 unspecified atom stereocenters. The Morgan fingerprint density at radius 1 is 0.867 bits per heavy atom. The van der Waals surface area contributed by atoms with Crippen molar-refractivity contribution in [3.05, 3.63) is 24.3 Å². The lowest BCUT2D eigenvalue weighted by Crippen LogP contribution is -2.51. The van der Waals surface area contributed by atoms with Crippen molar-refractivity contribution in [2.45, 2.75) is 12.8 Å². The quantitative estimate of drug-likeness (QED) is 0.632. The van der Waals surface area contributed by atoms with Gasteiger partial charge in [-0.1, -0.05) is 12.1 Å². The Bertz CT molecular complexity index is 860. The van der Waals surface area contributed by atoms with Gasteiger partial charge in [-0.2, -0.15) is 4.31 Å². The van der Waals surface area contributed by atoms with E-state index in [1.807, 2.05) is 24.3 Å². The molecule has 0 aliphatic carbocycles. The molecule has 0 bridgehead atoms. The van der Waals surface area contributed by atoms with E-state index in [4.69, 9.17) is 4.74 Å². The minimum absolute atomic E-state index is 0.0159. The Hall–Kier alpha value is -2.33. The molecule has 2 heterocycles. The summed E-state index contributed by atoms with van der Waals surface area (Å²) in [4.78, 5) is 30.6. The summed E-state index contributed by atoms with van der Waals surface area (Å²) in [5, 5.41) is 0. The lowest BCUT2D eigenvalue weighted by atomic mass is 10.2. The summed E-state index contributed by atoms with van der Waals surface area (Å²) < 4.78 is 29.9. The monoisotopic (exact) mass is 438 g/mol. The number of anilines is 1. The van der Waals surface area contributed by atoms with E-state index in [1.54, 1.807) is 16.9 Å². The molecular formula is C20H30N4O5S. The Morgan fingerprint density at radius 2 is 1.37 bits per heavy atom. The van der Waals surface area contributed by atoms with E-state index in [0.717, 1.165) is 11.4 Å². The smallest absolute Gasteiger partial charge is 0.223 e. The summed E-state index contributed by atoms with van der Waals surface area (Å²) in [6.07, 6.45) is 1.51. The molecule has 0 saturated carbocycles. The standard InChI is InChI=1S/C20H30N4O5S/c1-29-18-6-4-3-5-17(18)21-9-11-22(12-10-21)19(25)7-8-20(26)23-13-15-24(16-14-23)30(2,27)28/h3-6H,7-16H2,1-2H3. The van der Waals surface area contributed by atoms with Crippen LogP contribution in [-0.4, -0.2) is 100 Å². The third-order valence-electron chi connectivity index (χ3n) is 5.67. The van der Waals surface area contributed by atoms with Crippen LogP contribution in [0.4, 0.5) is 5.69 Å². The van der Waals surface area contributed by atoms with Crippen LogP contribution in [0.1, 0.15) is 12.8 Å². The number of carbonyl (C=O) groups is 2. The number of ether oxygens (including phenoxy) is 1. The van der Waals surface area contributed by atoms with Gasteiger partial charge in [0.1, 0.15) is 5.75 Å². The predicted molar refractivity (Wildman–Crippen MR) is 114 cm³/mol. The molecule has 2 saturated heterocycles. The first-order chi connectivity index (χ1) is 14.3. The summed E-state index contributed by atoms with van der Waals surface area (Å²) in [5.41, 5.74) is 1.02. The zero-order valence-corrected chi connectivity index (χ0v) is 18.4. The van der Waals surface area contributed by atoms with Crippen LogP contribution in [-0.2, 0) is 19.6 Å². The molecule has 0 spiro atoms. The Labute approximate surface area is 178 Å². The van der Waals surface area contributed by atoms with Gasteiger partial charge in [-0.05, 0) is 12.1 Å². The maximum atomic E-state index is 12.6. The molecule has 3 rings (SSSR count). The van der Waals surface area contributed by atoms with E-state index in [1.165, 1.54) is 10.6 Å². The van der Waals surface area contributed by atoms with Gasteiger partial charge < -0.3 is 19.4 Å². The van der Waals surface area contributed by atoms with Gasteiger partial charge in [0.25, 0.3) is 0 Å². The molecule has 1 aromatic rings. The third kappa shape index (κ3) is 5.42. The normalized spacial score (nSPS) is 18.4. The number of methoxy groups -OCH3 is 1. The maximum Gasteiger partial charge on any atom is 0.223 e. The lowest BCUT2D eigenvalue weighted by Gasteiger charge is -2.37. The van der Waals surface area contributed by atoms with E-state index >= 15 is 0 Å². The molecule has 2 fully saturated rings. The number of rotatable bonds is 6. The van der Waals surface area contributed by atoms with Crippen LogP contribution in [0.2, 0.25) is 0 Å². The predicted octanol–water partition coefficient (Wildman–Crippen LogP) is 0.228. The molecule has 0 atom stereocenters. The van der Waals surface area contributed by atoms with Gasteiger partial charge in [-0.15, -0.1) is 0 Å². The minimum Gasteiger partial charge on any atom is -0.495 e. The number of benzene rings is 1. The Morgan fingerprint density at radius 3 is 1.87 bits per heavy atom. The molecule has 2 aliphatic rings. The number of sulfonamides is 1. The second-order valence-electron chi connectivity index (χ2n) is 7.58. The molecule has 0 radical (unpaired) electrons. The van der Waals surface area contributed by atoms with E-state index in [2.05, 4.69) is 4.90 Å². The lowest BCUT2D eigenvalue weighted by molar-refractivity contribution is -0.137. The van der Waals surface area contributed by atoms with Crippen LogP contribution in [0, 0.1) is 0 Å². The average Bonchev–Trinajstić information content (AvgIpc) is 2.76. The number of hydrogen-bond donors (Lipinski definition) is 0. The van der Waals surface area contributed by atoms with Crippen LogP contribution >= 0.6 is 0 Å². The fraction of sp³-hybridized carbons (Fsp3) is 0.600. The third-order valence-corrected chi connectivity index (χ3v) is 6.97. The van der Waals surface area contributed by atoms with Crippen LogP contribution < -0.4 is 9.64 Å². The Balaban J connectivity index is 1.42. The van der Waals surface area contributed by atoms with Crippen molar-refractivity contribution in [2.75, 3.05) is 70.6 Å². The number of hydrogen-bond acceptors (Lipinski definition) is 6. The number of nitrogens with zero attached hydrogens (tertiary/aromatic N) is 4. The molecule has 0 N–H and O–H groups in total. The van der Waals surface area contributed by atoms with Gasteiger partial charge in [0.05, 0.1) is 19.1 Å². The molecule has 30 heavy (non-hydrogen) atoms. The second-order valence-corrected chi connectivity index (χ2v) is 9.56. The van der Waals surface area contributed by atoms with Gasteiger partial charge in [0, 0.05) is 65.2 Å². The number of amides is 2. The summed E-state index contributed by atoms with van der Waals surface area (Å²) in [6, 6.07) is 7.84. The largest absolute Gasteiger partial charge is 0.495 e. The average molecular weight is 439 g/mol. The minimum atomic E-state index is -3.22. The molecule has 0 aromatic heterocycles. The molecule has 10 heteroatoms. The first-order valence-corrected chi connectivity index (χ1v) is 12.0. The van der Waals surface area contributed by atoms with Crippen LogP contribution in [0.15, 0.2) is 24.3 Å². The Kier molecular flexibility index (Phi) is 7.19. The van der Waals surface area contributed by atoms with Crippen molar-refractivity contribution in [3.8, 4) is 5.75 Å². The first-order valence-electron chi connectivity index (χ1n) is 10.2. The van der Waals surface area contributed by atoms with Gasteiger partial charge in [0.2, 0.25) is 21.8 Å². The molecule has 1 aromatic carbocycles. The summed E-state index contributed by atoms with van der Waals surface area (Å²) in [6.45, 7) is 4.01. The summed E-state index contributed by atoms with van der Waals surface area (Å²) in [7, 11) is -1.57.